The van der Waals surface area contributed by atoms with E-state index in [1.165, 1.54) is 8.47 Å². The molecule has 0 saturated carbocycles. The lowest BCUT2D eigenvalue weighted by molar-refractivity contribution is 0.475. The van der Waals surface area contributed by atoms with Gasteiger partial charge < -0.3 is 10.2 Å². The minimum Gasteiger partial charge on any atom is -0.508 e. The molecule has 0 atom stereocenters. The molecule has 0 fully saturated rings. The van der Waals surface area contributed by atoms with Crippen LogP contribution in [0.25, 0.3) is 30.0 Å². The van der Waals surface area contributed by atoms with Gasteiger partial charge in [0.1, 0.15) is 11.5 Å². The number of thioether (sulfide) groups is 4. The Bertz CT molecular complexity index is 1140. The number of hydrogen-bond acceptors (Lipinski definition) is 6. The Morgan fingerprint density at radius 1 is 0.500 bits per heavy atom. The highest BCUT2D eigenvalue weighted by molar-refractivity contribution is 8.35. The molecule has 2 aliphatic heterocycles. The second-order valence-corrected chi connectivity index (χ2v) is 9.98. The van der Waals surface area contributed by atoms with Gasteiger partial charge in [0.2, 0.25) is 0 Å². The first-order chi connectivity index (χ1) is 12.7. The third-order valence-electron chi connectivity index (χ3n) is 4.30. The van der Waals surface area contributed by atoms with E-state index in [2.05, 4.69) is 21.6 Å². The van der Waals surface area contributed by atoms with Crippen LogP contribution in [0, 0.1) is 0 Å². The van der Waals surface area contributed by atoms with Gasteiger partial charge in [-0.1, -0.05) is 47.0 Å². The Balaban J connectivity index is 2.12. The third-order valence-corrected chi connectivity index (χ3v) is 8.56. The molecule has 3 aromatic carbocycles. The quantitative estimate of drug-likeness (QED) is 0.479. The number of aromatic hydroxyl groups is 2. The molecular formula is C20H12O2S4. The van der Waals surface area contributed by atoms with Gasteiger partial charge in [-0.25, -0.2) is 0 Å². The van der Waals surface area contributed by atoms with Crippen LogP contribution in [0.1, 0.15) is 0 Å². The van der Waals surface area contributed by atoms with Crippen molar-refractivity contribution in [3.05, 3.63) is 68.5 Å². The summed E-state index contributed by atoms with van der Waals surface area (Å²) in [5.41, 5.74) is 0. The molecule has 0 unspecified atom stereocenters. The lowest BCUT2D eigenvalue weighted by Gasteiger charge is -2.11. The SMILES string of the molecule is Oc1ccc2c(=C3SC=CS3)c3cc(O)ccc3c(=C3SC=CS3)c2c1. The smallest absolute Gasteiger partial charge is 0.116 e. The maximum Gasteiger partial charge on any atom is 0.116 e. The summed E-state index contributed by atoms with van der Waals surface area (Å²) in [6.45, 7) is 0. The molecule has 2 nitrogen and oxygen atoms in total. The molecule has 0 aliphatic carbocycles. The van der Waals surface area contributed by atoms with Gasteiger partial charge in [-0.15, -0.1) is 0 Å². The molecule has 3 aromatic rings. The van der Waals surface area contributed by atoms with Gasteiger partial charge in [0.15, 0.2) is 0 Å². The molecule has 2 heterocycles. The molecule has 128 valence electrons. The number of phenols is 2. The van der Waals surface area contributed by atoms with Crippen molar-refractivity contribution in [2.75, 3.05) is 0 Å². The number of hydrogen-bond donors (Lipinski definition) is 2. The Labute approximate surface area is 166 Å². The lowest BCUT2D eigenvalue weighted by Crippen LogP contribution is -2.16. The fourth-order valence-electron chi connectivity index (χ4n) is 3.29. The Morgan fingerprint density at radius 2 is 0.885 bits per heavy atom. The highest BCUT2D eigenvalue weighted by atomic mass is 32.2. The zero-order chi connectivity index (χ0) is 17.7. The molecule has 2 aliphatic rings. The van der Waals surface area contributed by atoms with Crippen LogP contribution in [0.2, 0.25) is 0 Å². The van der Waals surface area contributed by atoms with Crippen molar-refractivity contribution in [3.8, 4) is 11.5 Å². The average Bonchev–Trinajstić information content (AvgIpc) is 3.33. The summed E-state index contributed by atoms with van der Waals surface area (Å²) < 4.78 is 2.38. The van der Waals surface area contributed by atoms with Crippen molar-refractivity contribution in [2.45, 2.75) is 0 Å². The molecule has 0 aromatic heterocycles. The lowest BCUT2D eigenvalue weighted by atomic mass is 9.98. The molecule has 5 rings (SSSR count). The summed E-state index contributed by atoms with van der Waals surface area (Å²) in [6.07, 6.45) is 0. The highest BCUT2D eigenvalue weighted by Crippen LogP contribution is 2.41. The number of phenolic OH excluding ortho intramolecular Hbond substituents is 2. The fourth-order valence-corrected chi connectivity index (χ4v) is 7.14. The molecule has 0 bridgehead atoms. The largest absolute Gasteiger partial charge is 0.508 e. The van der Waals surface area contributed by atoms with Gasteiger partial charge in [-0.05, 0) is 79.6 Å². The number of benzene rings is 3. The van der Waals surface area contributed by atoms with E-state index in [-0.39, 0.29) is 11.5 Å². The average molecular weight is 413 g/mol. The third kappa shape index (κ3) is 2.63. The Kier molecular flexibility index (Phi) is 4.16. The summed E-state index contributed by atoms with van der Waals surface area (Å²) in [6, 6.07) is 11.1. The normalized spacial score (nSPS) is 16.5. The summed E-state index contributed by atoms with van der Waals surface area (Å²) >= 11 is 6.79. The van der Waals surface area contributed by atoms with Crippen molar-refractivity contribution in [1.82, 2.24) is 0 Å². The predicted octanol–water partition coefficient (Wildman–Crippen LogP) is 5.44. The van der Waals surface area contributed by atoms with Crippen LogP contribution in [0.4, 0.5) is 0 Å². The second-order valence-electron chi connectivity index (χ2n) is 5.80. The molecule has 6 heteroatoms. The van der Waals surface area contributed by atoms with Gasteiger partial charge >= 0.3 is 0 Å². The molecule has 26 heavy (non-hydrogen) atoms. The van der Waals surface area contributed by atoms with Crippen LogP contribution < -0.4 is 10.4 Å². The maximum absolute atomic E-state index is 10.2. The van der Waals surface area contributed by atoms with Crippen molar-refractivity contribution in [3.63, 3.8) is 0 Å². The summed E-state index contributed by atoms with van der Waals surface area (Å²) in [4.78, 5) is 0. The van der Waals surface area contributed by atoms with Gasteiger partial charge in [0.25, 0.3) is 0 Å². The second kappa shape index (κ2) is 6.53. The maximum atomic E-state index is 10.2. The van der Waals surface area contributed by atoms with E-state index in [9.17, 15) is 10.2 Å². The topological polar surface area (TPSA) is 40.5 Å². The van der Waals surface area contributed by atoms with Crippen molar-refractivity contribution in [1.29, 1.82) is 0 Å². The van der Waals surface area contributed by atoms with Crippen LogP contribution in [0.3, 0.4) is 0 Å². The van der Waals surface area contributed by atoms with Crippen LogP contribution in [0.5, 0.6) is 11.5 Å². The molecule has 2 N–H and O–H groups in total. The van der Waals surface area contributed by atoms with E-state index < -0.39 is 0 Å². The standard InChI is InChI=1S/C20H12O2S4/c21-11-1-3-13-15(9-11)18(20-25-7-8-26-20)14-4-2-12(22)10-16(14)17(13)19-23-5-6-24-19/h1-10,21-22H. The van der Waals surface area contributed by atoms with Gasteiger partial charge in [-0.2, -0.15) is 0 Å². The first-order valence-corrected chi connectivity index (χ1v) is 11.4. The van der Waals surface area contributed by atoms with E-state index >= 15 is 0 Å². The zero-order valence-electron chi connectivity index (χ0n) is 13.3. The Hall–Kier alpha value is -1.60. The van der Waals surface area contributed by atoms with Crippen LogP contribution >= 0.6 is 47.0 Å². The van der Waals surface area contributed by atoms with Crippen molar-refractivity contribution in [2.24, 2.45) is 0 Å². The molecule has 0 amide bonds. The highest BCUT2D eigenvalue weighted by Gasteiger charge is 2.16. The molecular weight excluding hydrogens is 400 g/mol. The zero-order valence-corrected chi connectivity index (χ0v) is 16.6. The van der Waals surface area contributed by atoms with Crippen molar-refractivity contribution >= 4 is 77.1 Å². The summed E-state index contributed by atoms with van der Waals surface area (Å²) in [5.74, 6) is 0.526. The minimum atomic E-state index is 0.263. The monoisotopic (exact) mass is 412 g/mol. The van der Waals surface area contributed by atoms with Crippen LogP contribution in [0.15, 0.2) is 58.0 Å². The first-order valence-electron chi connectivity index (χ1n) is 7.85. The first kappa shape index (κ1) is 16.6. The van der Waals surface area contributed by atoms with E-state index in [0.29, 0.717) is 0 Å². The van der Waals surface area contributed by atoms with Gasteiger partial charge in [0, 0.05) is 10.4 Å². The van der Waals surface area contributed by atoms with E-state index in [1.807, 2.05) is 24.3 Å². The summed E-state index contributed by atoms with van der Waals surface area (Å²) in [7, 11) is 0. The van der Waals surface area contributed by atoms with Crippen LogP contribution in [-0.2, 0) is 0 Å². The molecule has 0 radical (unpaired) electrons. The minimum absolute atomic E-state index is 0.263. The van der Waals surface area contributed by atoms with Gasteiger partial charge in [0.05, 0.1) is 8.47 Å². The predicted molar refractivity (Wildman–Crippen MR) is 119 cm³/mol. The van der Waals surface area contributed by atoms with Crippen LogP contribution in [-0.4, -0.2) is 10.2 Å². The van der Waals surface area contributed by atoms with Crippen molar-refractivity contribution < 1.29 is 10.2 Å². The molecule has 0 saturated heterocycles. The molecule has 0 spiro atoms. The number of rotatable bonds is 0. The Morgan fingerprint density at radius 3 is 1.27 bits per heavy atom. The van der Waals surface area contributed by atoms with E-state index in [4.69, 9.17) is 0 Å². The van der Waals surface area contributed by atoms with E-state index in [0.717, 1.165) is 32.0 Å². The number of fused-ring (bicyclic) bond motifs is 2. The fraction of sp³-hybridized carbons (Fsp3) is 0. The van der Waals surface area contributed by atoms with Gasteiger partial charge in [-0.3, -0.25) is 0 Å². The summed E-state index contributed by atoms with van der Waals surface area (Å²) in [5, 5.41) is 35.1. The van der Waals surface area contributed by atoms with E-state index in [1.54, 1.807) is 59.2 Å².